The molecule has 1 nitrogen and oxygen atoms in total. The van der Waals surface area contributed by atoms with Gasteiger partial charge in [-0.1, -0.05) is 6.92 Å². The van der Waals surface area contributed by atoms with E-state index in [1.807, 2.05) is 6.07 Å². The van der Waals surface area contributed by atoms with Crippen LogP contribution in [-0.2, 0) is 6.42 Å². The largest absolute Gasteiger partial charge is 0.398 e. The molecule has 0 fully saturated rings. The Morgan fingerprint density at radius 3 is 2.92 bits per heavy atom. The Morgan fingerprint density at radius 1 is 1.46 bits per heavy atom. The summed E-state index contributed by atoms with van der Waals surface area (Å²) in [5, 5.41) is 3.42. The third kappa shape index (κ3) is 1.32. The Kier molecular flexibility index (Phi) is 2.22. The lowest BCUT2D eigenvalue weighted by molar-refractivity contribution is 1.17. The summed E-state index contributed by atoms with van der Waals surface area (Å²) >= 11 is 6.19. The fourth-order valence-electron chi connectivity index (χ4n) is 1.45. The summed E-state index contributed by atoms with van der Waals surface area (Å²) in [6.07, 6.45) is 1.04. The van der Waals surface area contributed by atoms with Crippen molar-refractivity contribution in [2.24, 2.45) is 0 Å². The molecule has 3 heteroatoms. The van der Waals surface area contributed by atoms with Crippen LogP contribution in [0.3, 0.4) is 0 Å². The molecule has 1 aromatic heterocycles. The van der Waals surface area contributed by atoms with Crippen LogP contribution >= 0.6 is 24.0 Å². The van der Waals surface area contributed by atoms with Crippen LogP contribution in [0, 0.1) is 0 Å². The van der Waals surface area contributed by atoms with Crippen molar-refractivity contribution < 1.29 is 0 Å². The predicted molar refractivity (Wildman–Crippen MR) is 62.9 cm³/mol. The summed E-state index contributed by atoms with van der Waals surface area (Å²) in [7, 11) is 0. The first-order valence-electron chi connectivity index (χ1n) is 4.21. The second-order valence-corrected chi connectivity index (χ2v) is 4.35. The van der Waals surface area contributed by atoms with Gasteiger partial charge in [-0.25, -0.2) is 0 Å². The summed E-state index contributed by atoms with van der Waals surface area (Å²) in [5.41, 5.74) is 7.91. The summed E-state index contributed by atoms with van der Waals surface area (Å²) in [6.45, 7) is 2.15. The molecule has 0 saturated heterocycles. The van der Waals surface area contributed by atoms with E-state index in [4.69, 9.17) is 5.73 Å². The Hall–Kier alpha value is -0.670. The van der Waals surface area contributed by atoms with Crippen LogP contribution in [0.1, 0.15) is 12.5 Å². The van der Waals surface area contributed by atoms with Gasteiger partial charge in [-0.3, -0.25) is 0 Å². The minimum atomic E-state index is 0.768. The fraction of sp³-hybridized carbons (Fsp3) is 0.200. The van der Waals surface area contributed by atoms with Crippen LogP contribution in [0.2, 0.25) is 0 Å². The van der Waals surface area contributed by atoms with Crippen LogP contribution in [0.25, 0.3) is 10.1 Å². The van der Waals surface area contributed by atoms with E-state index in [-0.39, 0.29) is 0 Å². The second-order valence-electron chi connectivity index (χ2n) is 2.99. The molecule has 0 unspecified atom stereocenters. The first-order valence-corrected chi connectivity index (χ1v) is 5.54. The average Bonchev–Trinajstić information content (AvgIpc) is 2.55. The third-order valence-corrected chi connectivity index (χ3v) is 3.68. The van der Waals surface area contributed by atoms with Crippen molar-refractivity contribution in [3.05, 3.63) is 23.1 Å². The number of rotatable bonds is 1. The number of thiophene rings is 1. The minimum Gasteiger partial charge on any atom is -0.398 e. The van der Waals surface area contributed by atoms with E-state index in [0.717, 1.165) is 17.0 Å². The highest BCUT2D eigenvalue weighted by Crippen LogP contribution is 2.34. The van der Waals surface area contributed by atoms with Crippen molar-refractivity contribution in [2.45, 2.75) is 18.2 Å². The molecule has 2 N–H and O–H groups in total. The predicted octanol–water partition coefficient (Wildman–Crippen LogP) is 3.33. The number of benzene rings is 1. The summed E-state index contributed by atoms with van der Waals surface area (Å²) in [4.78, 5) is 0.926. The molecule has 0 saturated carbocycles. The van der Waals surface area contributed by atoms with Gasteiger partial charge < -0.3 is 5.73 Å². The number of hydrogen-bond donors (Lipinski definition) is 2. The normalized spacial score (nSPS) is 10.9. The maximum atomic E-state index is 5.80. The van der Waals surface area contributed by atoms with E-state index in [1.165, 1.54) is 15.6 Å². The van der Waals surface area contributed by atoms with E-state index in [2.05, 4.69) is 31.0 Å². The lowest BCUT2D eigenvalue weighted by Crippen LogP contribution is -1.87. The standard InChI is InChI=1S/C10H11NS2/c1-2-6-5-13-8-4-3-7(11)10(12)9(6)8/h3-5,12H,2,11H2,1H3. The maximum absolute atomic E-state index is 5.80. The van der Waals surface area contributed by atoms with Crippen LogP contribution in [0.4, 0.5) is 5.69 Å². The van der Waals surface area contributed by atoms with Gasteiger partial charge in [0.15, 0.2) is 0 Å². The zero-order valence-electron chi connectivity index (χ0n) is 7.37. The molecule has 0 atom stereocenters. The van der Waals surface area contributed by atoms with E-state index in [1.54, 1.807) is 11.3 Å². The molecule has 0 aliphatic rings. The Balaban J connectivity index is 2.85. The molecule has 68 valence electrons. The number of nitrogen functional groups attached to an aromatic ring is 1. The highest BCUT2D eigenvalue weighted by atomic mass is 32.1. The van der Waals surface area contributed by atoms with Gasteiger partial charge in [0.2, 0.25) is 0 Å². The Labute approximate surface area is 87.0 Å². The maximum Gasteiger partial charge on any atom is 0.0456 e. The zero-order valence-corrected chi connectivity index (χ0v) is 9.08. The van der Waals surface area contributed by atoms with E-state index >= 15 is 0 Å². The number of anilines is 1. The van der Waals surface area contributed by atoms with Gasteiger partial charge in [-0.05, 0) is 29.5 Å². The van der Waals surface area contributed by atoms with Gasteiger partial charge in [0.05, 0.1) is 0 Å². The van der Waals surface area contributed by atoms with Gasteiger partial charge in [-0.15, -0.1) is 24.0 Å². The van der Waals surface area contributed by atoms with Crippen LogP contribution in [0.5, 0.6) is 0 Å². The van der Waals surface area contributed by atoms with E-state index < -0.39 is 0 Å². The second kappa shape index (κ2) is 3.24. The summed E-state index contributed by atoms with van der Waals surface area (Å²) < 4.78 is 1.27. The molecule has 2 aromatic rings. The topological polar surface area (TPSA) is 26.0 Å². The summed E-state index contributed by atoms with van der Waals surface area (Å²) in [6, 6.07) is 3.98. The smallest absolute Gasteiger partial charge is 0.0456 e. The van der Waals surface area contributed by atoms with Crippen molar-refractivity contribution >= 4 is 39.7 Å². The first kappa shape index (κ1) is 8.91. The van der Waals surface area contributed by atoms with Crippen molar-refractivity contribution in [3.8, 4) is 0 Å². The molecule has 0 amide bonds. The van der Waals surface area contributed by atoms with Crippen molar-refractivity contribution in [3.63, 3.8) is 0 Å². The molecule has 1 heterocycles. The molecule has 1 aromatic carbocycles. The quantitative estimate of drug-likeness (QED) is 0.547. The van der Waals surface area contributed by atoms with Crippen molar-refractivity contribution in [1.29, 1.82) is 0 Å². The Bertz CT molecular complexity index is 445. The van der Waals surface area contributed by atoms with Gasteiger partial charge >= 0.3 is 0 Å². The first-order chi connectivity index (χ1) is 6.24. The monoisotopic (exact) mass is 209 g/mol. The number of aryl methyl sites for hydroxylation is 1. The Morgan fingerprint density at radius 2 is 2.23 bits per heavy atom. The molecule has 0 aliphatic heterocycles. The lowest BCUT2D eigenvalue weighted by Gasteiger charge is -2.02. The van der Waals surface area contributed by atoms with Crippen molar-refractivity contribution in [2.75, 3.05) is 5.73 Å². The molecular weight excluding hydrogens is 198 g/mol. The highest BCUT2D eigenvalue weighted by molar-refractivity contribution is 7.80. The van der Waals surface area contributed by atoms with E-state index in [0.29, 0.717) is 0 Å². The summed E-state index contributed by atoms with van der Waals surface area (Å²) in [5.74, 6) is 0. The lowest BCUT2D eigenvalue weighted by atomic mass is 10.1. The van der Waals surface area contributed by atoms with Gasteiger partial charge in [-0.2, -0.15) is 0 Å². The number of thiol groups is 1. The van der Waals surface area contributed by atoms with Crippen molar-refractivity contribution in [1.82, 2.24) is 0 Å². The SMILES string of the molecule is CCc1csc2ccc(N)c(S)c12. The van der Waals surface area contributed by atoms with Gasteiger partial charge in [0.25, 0.3) is 0 Å². The highest BCUT2D eigenvalue weighted by Gasteiger charge is 2.07. The molecule has 0 radical (unpaired) electrons. The molecule has 0 aliphatic carbocycles. The van der Waals surface area contributed by atoms with Crippen LogP contribution < -0.4 is 5.73 Å². The average molecular weight is 209 g/mol. The number of fused-ring (bicyclic) bond motifs is 1. The molecule has 0 bridgehead atoms. The fourth-order valence-corrected chi connectivity index (χ4v) is 2.92. The van der Waals surface area contributed by atoms with E-state index in [9.17, 15) is 0 Å². The van der Waals surface area contributed by atoms with Gasteiger partial charge in [0.1, 0.15) is 0 Å². The zero-order chi connectivity index (χ0) is 9.42. The minimum absolute atomic E-state index is 0.768. The third-order valence-electron chi connectivity index (χ3n) is 2.20. The molecule has 2 rings (SSSR count). The van der Waals surface area contributed by atoms with Crippen LogP contribution in [-0.4, -0.2) is 0 Å². The molecule has 13 heavy (non-hydrogen) atoms. The van der Waals surface area contributed by atoms with Gasteiger partial charge in [0, 0.05) is 20.7 Å². The number of nitrogens with two attached hydrogens (primary N) is 1. The number of hydrogen-bond acceptors (Lipinski definition) is 3. The molecular formula is C10H11NS2. The van der Waals surface area contributed by atoms with Crippen LogP contribution in [0.15, 0.2) is 22.4 Å². The molecule has 0 spiro atoms.